The number of amides is 3. The Morgan fingerprint density at radius 2 is 1.52 bits per heavy atom. The smallest absolute Gasteiger partial charge is 0.325 e. The van der Waals surface area contributed by atoms with E-state index in [4.69, 9.17) is 9.47 Å². The van der Waals surface area contributed by atoms with Crippen LogP contribution in [0.1, 0.15) is 79.4 Å². The average Bonchev–Trinajstić information content (AvgIpc) is 3.06. The number of methoxy groups -OCH3 is 1. The molecule has 1 aliphatic heterocycles. The molecule has 0 radical (unpaired) electrons. The molecule has 46 heavy (non-hydrogen) atoms. The third kappa shape index (κ3) is 6.93. The minimum absolute atomic E-state index is 0.0257. The molecule has 3 aromatic rings. The summed E-state index contributed by atoms with van der Waals surface area (Å²) in [4.78, 5) is 55.6. The van der Waals surface area contributed by atoms with E-state index < -0.39 is 22.9 Å². The fourth-order valence-electron chi connectivity index (χ4n) is 6.73. The van der Waals surface area contributed by atoms with E-state index >= 15 is 0 Å². The van der Waals surface area contributed by atoms with E-state index in [-0.39, 0.29) is 30.3 Å². The van der Waals surface area contributed by atoms with Gasteiger partial charge in [-0.05, 0) is 75.3 Å². The van der Waals surface area contributed by atoms with Gasteiger partial charge < -0.3 is 25.0 Å². The molecular formula is C37H43N3O6. The van der Waals surface area contributed by atoms with E-state index in [9.17, 15) is 19.2 Å². The van der Waals surface area contributed by atoms with Crippen molar-refractivity contribution in [1.29, 1.82) is 0 Å². The molecule has 1 aliphatic carbocycles. The zero-order chi connectivity index (χ0) is 32.9. The molecular weight excluding hydrogens is 582 g/mol. The Labute approximate surface area is 270 Å². The molecule has 1 saturated heterocycles. The molecule has 1 fully saturated rings. The van der Waals surface area contributed by atoms with Crippen LogP contribution in [-0.4, -0.2) is 67.0 Å². The second-order valence-corrected chi connectivity index (χ2v) is 13.0. The number of para-hydroxylation sites is 1. The Morgan fingerprint density at radius 3 is 2.22 bits per heavy atom. The summed E-state index contributed by atoms with van der Waals surface area (Å²) in [5.41, 5.74) is 1.14. The Balaban J connectivity index is 1.32. The summed E-state index contributed by atoms with van der Waals surface area (Å²) in [7, 11) is 1.54. The number of nitrogens with one attached hydrogen (secondary N) is 2. The molecule has 2 atom stereocenters. The molecule has 5 rings (SSSR count). The van der Waals surface area contributed by atoms with Gasteiger partial charge in [-0.1, -0.05) is 66.7 Å². The van der Waals surface area contributed by atoms with Crippen LogP contribution < -0.4 is 15.4 Å². The number of rotatable bonds is 8. The van der Waals surface area contributed by atoms with Crippen LogP contribution in [0.3, 0.4) is 0 Å². The average molecular weight is 626 g/mol. The summed E-state index contributed by atoms with van der Waals surface area (Å²) in [6.45, 7) is 6.15. The van der Waals surface area contributed by atoms with Crippen LogP contribution in [0.5, 0.6) is 5.75 Å². The van der Waals surface area contributed by atoms with E-state index in [0.717, 1.165) is 16.7 Å². The van der Waals surface area contributed by atoms with Crippen LogP contribution in [0.15, 0.2) is 78.9 Å². The number of hydrogen-bond donors (Lipinski definition) is 2. The number of hydrogen-bond acceptors (Lipinski definition) is 6. The lowest BCUT2D eigenvalue weighted by molar-refractivity contribution is -0.154. The molecule has 9 heteroatoms. The van der Waals surface area contributed by atoms with Crippen LogP contribution in [0.2, 0.25) is 0 Å². The van der Waals surface area contributed by atoms with Crippen molar-refractivity contribution < 1.29 is 28.7 Å². The van der Waals surface area contributed by atoms with Gasteiger partial charge in [0.25, 0.3) is 5.91 Å². The van der Waals surface area contributed by atoms with Gasteiger partial charge in [0, 0.05) is 19.1 Å². The standard InChI is InChI=1S/C37H43N3O6/c1-36(2,3)46-32(41)24-38-35(44)37(25-12-6-5-7-13-25)21-18-28(27-14-8-10-16-30(27)37)34(43)40-22-19-26(20-23-40)39-33(42)29-15-9-11-17-31(29)45-4/h5-17,26,28H,18-24H2,1-4H3,(H,38,44)(H,39,42)/t28-,37+/m0/s1. The Kier molecular flexibility index (Phi) is 9.79. The number of carbonyl (C=O) groups is 4. The second kappa shape index (κ2) is 13.8. The number of piperidine rings is 1. The number of esters is 1. The predicted octanol–water partition coefficient (Wildman–Crippen LogP) is 4.74. The predicted molar refractivity (Wildman–Crippen MR) is 175 cm³/mol. The second-order valence-electron chi connectivity index (χ2n) is 13.0. The quantitative estimate of drug-likeness (QED) is 0.350. The van der Waals surface area contributed by atoms with Crippen LogP contribution >= 0.6 is 0 Å². The molecule has 2 aliphatic rings. The zero-order valence-electron chi connectivity index (χ0n) is 27.0. The highest BCUT2D eigenvalue weighted by molar-refractivity contribution is 5.97. The summed E-state index contributed by atoms with van der Waals surface area (Å²) >= 11 is 0. The first kappa shape index (κ1) is 32.7. The molecule has 9 nitrogen and oxygen atoms in total. The molecule has 0 aromatic heterocycles. The summed E-state index contributed by atoms with van der Waals surface area (Å²) in [6, 6.07) is 24.3. The van der Waals surface area contributed by atoms with Crippen LogP contribution in [-0.2, 0) is 24.5 Å². The van der Waals surface area contributed by atoms with Gasteiger partial charge in [-0.15, -0.1) is 0 Å². The van der Waals surface area contributed by atoms with Crippen molar-refractivity contribution in [1.82, 2.24) is 15.5 Å². The summed E-state index contributed by atoms with van der Waals surface area (Å²) in [6.07, 6.45) is 2.15. The topological polar surface area (TPSA) is 114 Å². The van der Waals surface area contributed by atoms with Crippen LogP contribution in [0, 0.1) is 0 Å². The molecule has 0 spiro atoms. The molecule has 3 amide bonds. The molecule has 0 unspecified atom stereocenters. The van der Waals surface area contributed by atoms with Crippen molar-refractivity contribution in [2.45, 2.75) is 69.4 Å². The molecule has 0 saturated carbocycles. The third-order valence-corrected chi connectivity index (χ3v) is 8.86. The molecule has 242 valence electrons. The Morgan fingerprint density at radius 1 is 0.870 bits per heavy atom. The third-order valence-electron chi connectivity index (χ3n) is 8.86. The van der Waals surface area contributed by atoms with E-state index in [1.807, 2.05) is 65.6 Å². The van der Waals surface area contributed by atoms with Gasteiger partial charge in [-0.25, -0.2) is 0 Å². The molecule has 0 bridgehead atoms. The highest BCUT2D eigenvalue weighted by Crippen LogP contribution is 2.48. The normalized spacial score (nSPS) is 19.8. The van der Waals surface area contributed by atoms with E-state index in [1.54, 1.807) is 46.1 Å². The number of likely N-dealkylation sites (tertiary alicyclic amines) is 1. The minimum atomic E-state index is -1.08. The number of benzene rings is 3. The van der Waals surface area contributed by atoms with Gasteiger partial charge in [0.2, 0.25) is 11.8 Å². The van der Waals surface area contributed by atoms with Crippen molar-refractivity contribution in [2.75, 3.05) is 26.7 Å². The van der Waals surface area contributed by atoms with Crippen LogP contribution in [0.4, 0.5) is 0 Å². The van der Waals surface area contributed by atoms with E-state index in [2.05, 4.69) is 10.6 Å². The molecule has 1 heterocycles. The largest absolute Gasteiger partial charge is 0.496 e. The van der Waals surface area contributed by atoms with Gasteiger partial charge in [0.05, 0.1) is 24.0 Å². The molecule has 2 N–H and O–H groups in total. The maximum atomic E-state index is 14.1. The van der Waals surface area contributed by atoms with E-state index in [1.165, 1.54) is 0 Å². The first-order valence-electron chi connectivity index (χ1n) is 15.9. The highest BCUT2D eigenvalue weighted by atomic mass is 16.6. The number of nitrogens with zero attached hydrogens (tertiary/aromatic N) is 1. The maximum absolute atomic E-state index is 14.1. The number of fused-ring (bicyclic) bond motifs is 1. The van der Waals surface area contributed by atoms with Crippen molar-refractivity contribution in [3.05, 3.63) is 101 Å². The fraction of sp³-hybridized carbons (Fsp3) is 0.405. The monoisotopic (exact) mass is 625 g/mol. The van der Waals surface area contributed by atoms with Gasteiger partial charge in [-0.3, -0.25) is 19.2 Å². The highest BCUT2D eigenvalue weighted by Gasteiger charge is 2.49. The first-order valence-corrected chi connectivity index (χ1v) is 15.9. The van der Waals surface area contributed by atoms with Crippen molar-refractivity contribution in [3.63, 3.8) is 0 Å². The van der Waals surface area contributed by atoms with Gasteiger partial charge in [0.15, 0.2) is 0 Å². The summed E-state index contributed by atoms with van der Waals surface area (Å²) in [5, 5.41) is 5.95. The minimum Gasteiger partial charge on any atom is -0.496 e. The van der Waals surface area contributed by atoms with E-state index in [0.29, 0.717) is 50.1 Å². The Hall–Kier alpha value is -4.66. The molecule has 3 aromatic carbocycles. The first-order chi connectivity index (χ1) is 22.0. The van der Waals surface area contributed by atoms with Crippen molar-refractivity contribution in [2.24, 2.45) is 0 Å². The summed E-state index contributed by atoms with van der Waals surface area (Å²) < 4.78 is 10.8. The van der Waals surface area contributed by atoms with Gasteiger partial charge >= 0.3 is 5.97 Å². The maximum Gasteiger partial charge on any atom is 0.325 e. The lowest BCUT2D eigenvalue weighted by Gasteiger charge is -2.42. The SMILES string of the molecule is COc1ccccc1C(=O)NC1CCN(C(=O)[C@H]2CC[C@@](C(=O)NCC(=O)OC(C)(C)C)(c3ccccc3)c3ccccc32)CC1. The van der Waals surface area contributed by atoms with Crippen molar-refractivity contribution in [3.8, 4) is 5.75 Å². The van der Waals surface area contributed by atoms with Gasteiger partial charge in [0.1, 0.15) is 17.9 Å². The van der Waals surface area contributed by atoms with Gasteiger partial charge in [-0.2, -0.15) is 0 Å². The zero-order valence-corrected chi connectivity index (χ0v) is 27.0. The van der Waals surface area contributed by atoms with Crippen LogP contribution in [0.25, 0.3) is 0 Å². The number of carbonyl (C=O) groups excluding carboxylic acids is 4. The Bertz CT molecular complexity index is 1580. The summed E-state index contributed by atoms with van der Waals surface area (Å²) in [5.74, 6) is -0.860. The number of ether oxygens (including phenoxy) is 2. The van der Waals surface area contributed by atoms with Crippen molar-refractivity contribution >= 4 is 23.7 Å². The lowest BCUT2D eigenvalue weighted by Crippen LogP contribution is -2.52. The lowest BCUT2D eigenvalue weighted by atomic mass is 9.62. The fourth-order valence-corrected chi connectivity index (χ4v) is 6.73.